The van der Waals surface area contributed by atoms with Crippen LogP contribution in [0.5, 0.6) is 0 Å². The Bertz CT molecular complexity index is 1340. The number of rotatable bonds is 16. The van der Waals surface area contributed by atoms with E-state index >= 15 is 0 Å². The maximum atomic E-state index is 12.7. The summed E-state index contributed by atoms with van der Waals surface area (Å²) in [4.78, 5) is 54.2. The molecule has 1 unspecified atom stereocenters. The molecule has 0 saturated carbocycles. The Morgan fingerprint density at radius 2 is 1.59 bits per heavy atom. The number of aromatic nitrogens is 4. The average molecular weight is 540 g/mol. The summed E-state index contributed by atoms with van der Waals surface area (Å²) >= 11 is 0. The Kier molecular flexibility index (Phi) is 11.5. The second kappa shape index (κ2) is 15.0. The largest absolute Gasteiger partial charge is 0.464 e. The number of nitrogens with one attached hydrogen (secondary N) is 1. The van der Waals surface area contributed by atoms with Gasteiger partial charge < -0.3 is 14.6 Å². The summed E-state index contributed by atoms with van der Waals surface area (Å²) in [5.41, 5.74) is 1.21. The van der Waals surface area contributed by atoms with Gasteiger partial charge in [0.15, 0.2) is 11.2 Å². The molecule has 1 N–H and O–H groups in total. The van der Waals surface area contributed by atoms with Crippen LogP contribution < -0.4 is 16.6 Å². The monoisotopic (exact) mass is 539 g/mol. The predicted octanol–water partition coefficient (Wildman–Crippen LogP) is 3.24. The van der Waals surface area contributed by atoms with Crippen LogP contribution in [0.15, 0.2) is 46.2 Å². The van der Waals surface area contributed by atoms with E-state index < -0.39 is 12.0 Å². The first-order valence-corrected chi connectivity index (χ1v) is 13.9. The van der Waals surface area contributed by atoms with Crippen LogP contribution in [-0.4, -0.2) is 43.2 Å². The molecule has 0 aliphatic rings. The fraction of sp³-hybridized carbons (Fsp3) is 0.552. The summed E-state index contributed by atoms with van der Waals surface area (Å²) in [6.45, 7) is 2.43. The van der Waals surface area contributed by atoms with Gasteiger partial charge in [-0.2, -0.15) is 0 Å². The van der Waals surface area contributed by atoms with Crippen molar-refractivity contribution in [3.05, 3.63) is 63.1 Å². The summed E-state index contributed by atoms with van der Waals surface area (Å²) in [7, 11) is 3.39. The molecule has 3 aromatic rings. The molecule has 0 fully saturated rings. The number of esters is 1. The maximum Gasteiger partial charge on any atom is 0.332 e. The number of hydrogen-bond donors (Lipinski definition) is 1. The third-order valence-electron chi connectivity index (χ3n) is 6.93. The molecule has 212 valence electrons. The number of fused-ring (bicyclic) bond motifs is 1. The fourth-order valence-corrected chi connectivity index (χ4v) is 4.76. The standard InChI is InChI=1S/C29H41N5O5/c1-4-39-28(37)23(20-22-16-12-11-13-17-22)31-24(35)18-14-9-7-5-6-8-10-15-19-34-27(36)25-26(30-21-32(25)2)33(3)29(34)38/h11-13,16-17,21,23H,4-10,14-15,18-20H2,1-3H3,(H,31,35). The molecular weight excluding hydrogens is 498 g/mol. The van der Waals surface area contributed by atoms with Gasteiger partial charge in [0.05, 0.1) is 12.9 Å². The van der Waals surface area contributed by atoms with Crippen molar-refractivity contribution in [3.63, 3.8) is 0 Å². The van der Waals surface area contributed by atoms with Crippen molar-refractivity contribution in [2.24, 2.45) is 14.1 Å². The summed E-state index contributed by atoms with van der Waals surface area (Å²) < 4.78 is 9.53. The van der Waals surface area contributed by atoms with E-state index in [4.69, 9.17) is 4.74 Å². The Morgan fingerprint density at radius 3 is 2.26 bits per heavy atom. The van der Waals surface area contributed by atoms with Crippen LogP contribution in [-0.2, 0) is 41.4 Å². The van der Waals surface area contributed by atoms with Gasteiger partial charge in [-0.3, -0.25) is 18.7 Å². The number of carbonyl (C=O) groups is 2. The Hall–Kier alpha value is -3.69. The number of unbranched alkanes of at least 4 members (excludes halogenated alkanes) is 7. The first-order valence-electron chi connectivity index (χ1n) is 13.9. The molecule has 0 saturated heterocycles. The fourth-order valence-electron chi connectivity index (χ4n) is 4.76. The molecule has 10 nitrogen and oxygen atoms in total. The molecule has 1 aromatic carbocycles. The first kappa shape index (κ1) is 29.9. The zero-order valence-corrected chi connectivity index (χ0v) is 23.4. The molecule has 1 atom stereocenters. The van der Waals surface area contributed by atoms with Gasteiger partial charge in [0.1, 0.15) is 6.04 Å². The second-order valence-electron chi connectivity index (χ2n) is 9.97. The van der Waals surface area contributed by atoms with Gasteiger partial charge in [0.2, 0.25) is 5.91 Å². The number of aryl methyl sites for hydroxylation is 2. The van der Waals surface area contributed by atoms with Crippen LogP contribution in [0.1, 0.15) is 70.3 Å². The van der Waals surface area contributed by atoms with Crippen LogP contribution in [0, 0.1) is 0 Å². The van der Waals surface area contributed by atoms with Gasteiger partial charge in [-0.15, -0.1) is 0 Å². The SMILES string of the molecule is CCOC(=O)C(Cc1ccccc1)NC(=O)CCCCCCCCCCn1c(=O)c2c(ncn2C)n(C)c1=O. The Balaban J connectivity index is 1.30. The van der Waals surface area contributed by atoms with Crippen molar-refractivity contribution in [2.45, 2.75) is 83.7 Å². The quantitative estimate of drug-likeness (QED) is 0.221. The lowest BCUT2D eigenvalue weighted by atomic mass is 10.0. The topological polar surface area (TPSA) is 117 Å². The molecule has 0 aliphatic carbocycles. The molecule has 0 spiro atoms. The lowest BCUT2D eigenvalue weighted by Gasteiger charge is -2.17. The Morgan fingerprint density at radius 1 is 0.949 bits per heavy atom. The van der Waals surface area contributed by atoms with Crippen molar-refractivity contribution >= 4 is 23.0 Å². The molecule has 0 radical (unpaired) electrons. The number of imidazole rings is 1. The van der Waals surface area contributed by atoms with Crippen molar-refractivity contribution in [1.82, 2.24) is 24.0 Å². The number of ether oxygens (including phenoxy) is 1. The maximum absolute atomic E-state index is 12.7. The first-order chi connectivity index (χ1) is 18.8. The van der Waals surface area contributed by atoms with Crippen LogP contribution in [0.3, 0.4) is 0 Å². The molecule has 1 amide bonds. The summed E-state index contributed by atoms with van der Waals surface area (Å²) in [5, 5.41) is 2.85. The second-order valence-corrected chi connectivity index (χ2v) is 9.97. The summed E-state index contributed by atoms with van der Waals surface area (Å²) in [5.74, 6) is -0.535. The molecule has 2 heterocycles. The molecule has 10 heteroatoms. The van der Waals surface area contributed by atoms with E-state index in [2.05, 4.69) is 10.3 Å². The Labute approximate surface area is 229 Å². The van der Waals surface area contributed by atoms with Crippen molar-refractivity contribution in [1.29, 1.82) is 0 Å². The minimum absolute atomic E-state index is 0.130. The van der Waals surface area contributed by atoms with Crippen LogP contribution in [0.25, 0.3) is 11.2 Å². The number of amides is 1. The zero-order valence-electron chi connectivity index (χ0n) is 23.4. The van der Waals surface area contributed by atoms with Crippen LogP contribution in [0.4, 0.5) is 0 Å². The predicted molar refractivity (Wildman–Crippen MR) is 150 cm³/mol. The molecule has 39 heavy (non-hydrogen) atoms. The van der Waals surface area contributed by atoms with Gasteiger partial charge in [0, 0.05) is 33.5 Å². The average Bonchev–Trinajstić information content (AvgIpc) is 3.32. The third-order valence-corrected chi connectivity index (χ3v) is 6.93. The van der Waals surface area contributed by atoms with Crippen LogP contribution in [0.2, 0.25) is 0 Å². The highest BCUT2D eigenvalue weighted by molar-refractivity contribution is 5.84. The highest BCUT2D eigenvalue weighted by Gasteiger charge is 2.22. The van der Waals surface area contributed by atoms with Crippen molar-refractivity contribution < 1.29 is 14.3 Å². The van der Waals surface area contributed by atoms with Crippen molar-refractivity contribution in [2.75, 3.05) is 6.61 Å². The normalized spacial score (nSPS) is 12.0. The minimum Gasteiger partial charge on any atom is -0.464 e. The third kappa shape index (κ3) is 8.40. The van der Waals surface area contributed by atoms with E-state index in [1.54, 1.807) is 31.9 Å². The minimum atomic E-state index is -0.679. The van der Waals surface area contributed by atoms with Gasteiger partial charge in [-0.25, -0.2) is 14.6 Å². The van der Waals surface area contributed by atoms with E-state index in [1.165, 1.54) is 9.13 Å². The van der Waals surface area contributed by atoms with Crippen molar-refractivity contribution in [3.8, 4) is 0 Å². The van der Waals surface area contributed by atoms with E-state index in [-0.39, 0.29) is 23.8 Å². The summed E-state index contributed by atoms with van der Waals surface area (Å²) in [6, 6.07) is 8.91. The molecule has 2 aromatic heterocycles. The van der Waals surface area contributed by atoms with E-state index in [0.29, 0.717) is 30.6 Å². The lowest BCUT2D eigenvalue weighted by Crippen LogP contribution is -2.43. The van der Waals surface area contributed by atoms with Crippen LogP contribution >= 0.6 is 0 Å². The van der Waals surface area contributed by atoms with Gasteiger partial charge >= 0.3 is 11.7 Å². The van der Waals surface area contributed by atoms with E-state index in [1.807, 2.05) is 30.3 Å². The van der Waals surface area contributed by atoms with Gasteiger partial charge in [-0.1, -0.05) is 68.9 Å². The highest BCUT2D eigenvalue weighted by Crippen LogP contribution is 2.11. The zero-order chi connectivity index (χ0) is 28.2. The molecular formula is C29H41N5O5. The molecule has 3 rings (SSSR count). The smallest absolute Gasteiger partial charge is 0.332 e. The number of carbonyl (C=O) groups excluding carboxylic acids is 2. The number of hydrogen-bond acceptors (Lipinski definition) is 6. The van der Waals surface area contributed by atoms with Gasteiger partial charge in [0.25, 0.3) is 5.56 Å². The lowest BCUT2D eigenvalue weighted by molar-refractivity contribution is -0.147. The molecule has 0 bridgehead atoms. The van der Waals surface area contributed by atoms with Gasteiger partial charge in [-0.05, 0) is 25.3 Å². The molecule has 0 aliphatic heterocycles. The number of benzene rings is 1. The number of nitrogens with zero attached hydrogens (tertiary/aromatic N) is 4. The van der Waals surface area contributed by atoms with E-state index in [0.717, 1.165) is 56.9 Å². The van der Waals surface area contributed by atoms with E-state index in [9.17, 15) is 19.2 Å². The summed E-state index contributed by atoms with van der Waals surface area (Å²) in [6.07, 6.45) is 9.99. The highest BCUT2D eigenvalue weighted by atomic mass is 16.5.